The van der Waals surface area contributed by atoms with Gasteiger partial charge in [0.2, 0.25) is 5.95 Å². The van der Waals surface area contributed by atoms with Crippen molar-refractivity contribution in [3.05, 3.63) is 174 Å². The Balaban J connectivity index is 1.09. The Morgan fingerprint density at radius 1 is 0.533 bits per heavy atom. The summed E-state index contributed by atoms with van der Waals surface area (Å²) in [5.41, 5.74) is 11.6. The number of para-hydroxylation sites is 3. The number of rotatable bonds is 3. The lowest BCUT2D eigenvalue weighted by molar-refractivity contribution is 0.670. The number of hydrogen-bond donors (Lipinski definition) is 0. The molecule has 1 aliphatic carbocycles. The van der Waals surface area contributed by atoms with Gasteiger partial charge in [0.1, 0.15) is 11.2 Å². The van der Waals surface area contributed by atoms with Gasteiger partial charge in [-0.15, -0.1) is 11.3 Å². The van der Waals surface area contributed by atoms with Gasteiger partial charge in [-0.1, -0.05) is 115 Å². The summed E-state index contributed by atoms with van der Waals surface area (Å²) in [5.74, 6) is 0.658. The molecule has 6 heteroatoms. The molecule has 0 radical (unpaired) electrons. The van der Waals surface area contributed by atoms with Crippen LogP contribution in [0.3, 0.4) is 0 Å². The molecule has 0 spiro atoms. The molecule has 0 N–H and O–H groups in total. The zero-order valence-corrected chi connectivity index (χ0v) is 33.0. The monoisotopic (exact) mass is 784 g/mol. The highest BCUT2D eigenvalue weighted by atomic mass is 32.1. The summed E-state index contributed by atoms with van der Waals surface area (Å²) in [4.78, 5) is 12.5. The third-order valence-corrected chi connectivity index (χ3v) is 14.0. The van der Waals surface area contributed by atoms with Gasteiger partial charge in [0, 0.05) is 48.4 Å². The summed E-state index contributed by atoms with van der Waals surface area (Å²) in [7, 11) is 0. The number of aryl methyl sites for hydroxylation is 1. The van der Waals surface area contributed by atoms with Crippen molar-refractivity contribution >= 4 is 115 Å². The summed E-state index contributed by atoms with van der Waals surface area (Å²) < 4.78 is 12.6. The van der Waals surface area contributed by atoms with Crippen molar-refractivity contribution in [3.8, 4) is 22.9 Å². The van der Waals surface area contributed by atoms with Crippen molar-refractivity contribution in [2.75, 3.05) is 0 Å². The molecule has 0 bridgehead atoms. The van der Waals surface area contributed by atoms with Crippen LogP contribution in [-0.2, 0) is 6.42 Å². The average molecular weight is 785 g/mol. The third-order valence-electron chi connectivity index (χ3n) is 12.8. The van der Waals surface area contributed by atoms with E-state index in [4.69, 9.17) is 14.4 Å². The molecule has 60 heavy (non-hydrogen) atoms. The largest absolute Gasteiger partial charge is 0.455 e. The Hall–Kier alpha value is -7.54. The van der Waals surface area contributed by atoms with Crippen LogP contribution in [0.1, 0.15) is 16.9 Å². The molecule has 0 saturated heterocycles. The van der Waals surface area contributed by atoms with Gasteiger partial charge in [0.05, 0.1) is 38.0 Å². The van der Waals surface area contributed by atoms with Crippen LogP contribution in [0.2, 0.25) is 0 Å². The van der Waals surface area contributed by atoms with E-state index in [0.717, 1.165) is 78.4 Å². The molecule has 0 unspecified atom stereocenters. The Labute approximate surface area is 346 Å². The maximum atomic E-state index is 6.85. The van der Waals surface area contributed by atoms with Crippen LogP contribution >= 0.6 is 11.3 Å². The molecule has 5 heterocycles. The molecule has 5 nitrogen and oxygen atoms in total. The second-order valence-corrected chi connectivity index (χ2v) is 17.0. The van der Waals surface area contributed by atoms with Crippen molar-refractivity contribution in [2.45, 2.75) is 12.8 Å². The molecule has 5 aromatic heterocycles. The second kappa shape index (κ2) is 12.0. The van der Waals surface area contributed by atoms with Crippen LogP contribution in [0.25, 0.3) is 126 Å². The van der Waals surface area contributed by atoms with Crippen molar-refractivity contribution in [3.63, 3.8) is 0 Å². The number of fused-ring (bicyclic) bond motifs is 16. The maximum absolute atomic E-state index is 6.85. The van der Waals surface area contributed by atoms with Gasteiger partial charge in [-0.05, 0) is 94.6 Å². The van der Waals surface area contributed by atoms with Crippen molar-refractivity contribution < 1.29 is 4.42 Å². The minimum Gasteiger partial charge on any atom is -0.455 e. The molecule has 0 amide bonds. The normalized spacial score (nSPS) is 13.1. The highest BCUT2D eigenvalue weighted by Crippen LogP contribution is 2.46. The van der Waals surface area contributed by atoms with Crippen LogP contribution in [0.5, 0.6) is 0 Å². The van der Waals surface area contributed by atoms with E-state index in [1.165, 1.54) is 59.2 Å². The molecule has 280 valence electrons. The summed E-state index contributed by atoms with van der Waals surface area (Å²) in [6.45, 7) is 0. The molecule has 1 aliphatic rings. The molecule has 13 aromatic rings. The predicted octanol–water partition coefficient (Wildman–Crippen LogP) is 14.7. The van der Waals surface area contributed by atoms with E-state index < -0.39 is 0 Å². The van der Waals surface area contributed by atoms with Gasteiger partial charge in [-0.25, -0.2) is 9.97 Å². The Kier molecular flexibility index (Phi) is 6.49. The topological polar surface area (TPSA) is 48.8 Å². The highest BCUT2D eigenvalue weighted by molar-refractivity contribution is 7.20. The van der Waals surface area contributed by atoms with E-state index in [-0.39, 0.29) is 0 Å². The predicted molar refractivity (Wildman–Crippen MR) is 251 cm³/mol. The molecular formula is C54H32N4OS. The van der Waals surface area contributed by atoms with E-state index in [9.17, 15) is 0 Å². The number of allylic oxidation sites excluding steroid dienone is 1. The number of thiophene rings is 1. The first-order chi connectivity index (χ1) is 29.8. The Morgan fingerprint density at radius 2 is 1.20 bits per heavy atom. The van der Waals surface area contributed by atoms with E-state index in [1.807, 2.05) is 0 Å². The van der Waals surface area contributed by atoms with Crippen molar-refractivity contribution in [2.24, 2.45) is 0 Å². The molecule has 0 fully saturated rings. The maximum Gasteiger partial charge on any atom is 0.235 e. The Morgan fingerprint density at radius 3 is 2.00 bits per heavy atom. The lowest BCUT2D eigenvalue weighted by Crippen LogP contribution is -2.04. The Bertz CT molecular complexity index is 3970. The highest BCUT2D eigenvalue weighted by Gasteiger charge is 2.26. The van der Waals surface area contributed by atoms with Crippen LogP contribution in [-0.4, -0.2) is 19.1 Å². The standard InChI is InChI=1S/C54H32N4OS/c1-3-14-34-31(12-1)24-27-45-48(34)41-30-33(57-42-21-8-5-16-36(42)37-17-6-9-22-43(37)57)26-28-44(41)58(45)54-55-50-38-18-7-10-23-47(38)60-53(50)51(56-54)40-20-11-19-39-49-35-15-4-2-13-32(35)25-29-46(49)59-52(39)40/h1-6,8-17,19-30H,7,18H2. The van der Waals surface area contributed by atoms with Crippen LogP contribution in [0, 0.1) is 0 Å². The van der Waals surface area contributed by atoms with E-state index in [2.05, 4.69) is 179 Å². The van der Waals surface area contributed by atoms with Crippen molar-refractivity contribution in [1.29, 1.82) is 0 Å². The summed E-state index contributed by atoms with van der Waals surface area (Å²) in [6.07, 6.45) is 6.49. The van der Waals surface area contributed by atoms with Crippen LogP contribution < -0.4 is 0 Å². The summed E-state index contributed by atoms with van der Waals surface area (Å²) in [6, 6.07) is 56.9. The fourth-order valence-corrected chi connectivity index (χ4v) is 11.4. The number of nitrogens with zero attached hydrogens (tertiary/aromatic N) is 4. The van der Waals surface area contributed by atoms with Gasteiger partial charge in [0.15, 0.2) is 0 Å². The molecule has 8 aromatic carbocycles. The third kappa shape index (κ3) is 4.35. The van der Waals surface area contributed by atoms with Gasteiger partial charge >= 0.3 is 0 Å². The zero-order chi connectivity index (χ0) is 39.1. The zero-order valence-electron chi connectivity index (χ0n) is 32.2. The number of aromatic nitrogens is 4. The average Bonchev–Trinajstić information content (AvgIpc) is 4.06. The molecule has 0 atom stereocenters. The minimum atomic E-state index is 0.658. The quantitative estimate of drug-likeness (QED) is 0.179. The van der Waals surface area contributed by atoms with Gasteiger partial charge in [0.25, 0.3) is 0 Å². The molecule has 0 aliphatic heterocycles. The molecule has 0 saturated carbocycles. The van der Waals surface area contributed by atoms with Gasteiger partial charge in [-0.3, -0.25) is 4.57 Å². The smallest absolute Gasteiger partial charge is 0.235 e. The van der Waals surface area contributed by atoms with Crippen molar-refractivity contribution in [1.82, 2.24) is 19.1 Å². The first kappa shape index (κ1) is 32.4. The second-order valence-electron chi connectivity index (χ2n) is 16.0. The fraction of sp³-hybridized carbons (Fsp3) is 0.0370. The summed E-state index contributed by atoms with van der Waals surface area (Å²) >= 11 is 1.79. The lowest BCUT2D eigenvalue weighted by atomic mass is 10.0. The SMILES string of the molecule is C1=Cc2sc3c(-c4cccc5c4oc4ccc6ccccc6c45)nc(-n4c5ccc(-n6c7ccccc7c7ccccc76)cc5c5c6ccccc6ccc54)nc3c2CC1. The molecule has 14 rings (SSSR count). The van der Waals surface area contributed by atoms with Gasteiger partial charge in [-0.2, -0.15) is 0 Å². The number of hydrogen-bond acceptors (Lipinski definition) is 4. The van der Waals surface area contributed by atoms with Gasteiger partial charge < -0.3 is 8.98 Å². The fourth-order valence-electron chi connectivity index (χ4n) is 10.2. The lowest BCUT2D eigenvalue weighted by Gasteiger charge is -2.12. The first-order valence-electron chi connectivity index (χ1n) is 20.5. The number of benzene rings is 8. The van der Waals surface area contributed by atoms with E-state index in [1.54, 1.807) is 11.3 Å². The minimum absolute atomic E-state index is 0.658. The number of furan rings is 1. The van der Waals surface area contributed by atoms with E-state index in [0.29, 0.717) is 5.95 Å². The molecular weight excluding hydrogens is 753 g/mol. The first-order valence-corrected chi connectivity index (χ1v) is 21.4. The van der Waals surface area contributed by atoms with Crippen LogP contribution in [0.4, 0.5) is 0 Å². The van der Waals surface area contributed by atoms with E-state index >= 15 is 0 Å². The van der Waals surface area contributed by atoms with Crippen LogP contribution in [0.15, 0.2) is 168 Å². The summed E-state index contributed by atoms with van der Waals surface area (Å²) in [5, 5.41) is 11.9.